The molecule has 96 heavy (non-hydrogen) atoms. The number of aliphatic hydroxyl groups excluding tert-OH is 1. The van der Waals surface area contributed by atoms with Crippen molar-refractivity contribution in [3.8, 4) is 0 Å². The van der Waals surface area contributed by atoms with Crippen molar-refractivity contribution in [1.82, 2.24) is 0 Å². The minimum Gasteiger partial charge on any atom is -0.462 e. The van der Waals surface area contributed by atoms with Crippen molar-refractivity contribution in [2.24, 2.45) is 11.8 Å². The summed E-state index contributed by atoms with van der Waals surface area (Å²) in [4.78, 5) is 72.7. The van der Waals surface area contributed by atoms with Gasteiger partial charge in [-0.15, -0.1) is 0 Å². The van der Waals surface area contributed by atoms with E-state index in [0.29, 0.717) is 25.7 Å². The summed E-state index contributed by atoms with van der Waals surface area (Å²) in [6.45, 7) is 9.65. The zero-order chi connectivity index (χ0) is 70.7. The summed E-state index contributed by atoms with van der Waals surface area (Å²) in [5.41, 5.74) is 0. The standard InChI is InChI=1S/C77H150O17P2/c1-7-10-12-14-16-17-18-31-37-43-49-55-61-76(81)93-72(65-87-74(79)59-53-47-39-15-13-11-8-2)67-91-95(83,84)89-63-71(78)64-90-96(85,86)92-68-73(66-88-75(80)60-54-48-42-36-32-27-24-23-26-30-35-41-46-52-58-70(6)9-3)94-77(82)62-56-50-44-38-33-28-22-20-19-21-25-29-34-40-45-51-57-69(4)5/h69-73,78H,7-68H2,1-6H3,(H,83,84)(H,85,86)/t70?,71-,72+,73+/m0/s1. The molecule has 570 valence electrons. The molecule has 0 radical (unpaired) electrons. The van der Waals surface area contributed by atoms with Gasteiger partial charge in [0.25, 0.3) is 0 Å². The lowest BCUT2D eigenvalue weighted by Gasteiger charge is -2.21. The Hall–Kier alpha value is -1.94. The molecule has 3 unspecified atom stereocenters. The first kappa shape index (κ1) is 94.1. The largest absolute Gasteiger partial charge is 0.472 e. The van der Waals surface area contributed by atoms with Gasteiger partial charge in [0.1, 0.15) is 19.3 Å². The number of carbonyl (C=O) groups is 4. The maximum absolute atomic E-state index is 13.1. The molecular formula is C77H150O17P2. The van der Waals surface area contributed by atoms with Crippen molar-refractivity contribution in [2.75, 3.05) is 39.6 Å². The fourth-order valence-corrected chi connectivity index (χ4v) is 13.4. The van der Waals surface area contributed by atoms with Crippen molar-refractivity contribution in [2.45, 2.75) is 419 Å². The van der Waals surface area contributed by atoms with Crippen LogP contribution in [0.25, 0.3) is 0 Å². The van der Waals surface area contributed by atoms with E-state index in [-0.39, 0.29) is 25.7 Å². The van der Waals surface area contributed by atoms with Gasteiger partial charge in [-0.2, -0.15) is 0 Å². The molecule has 0 aliphatic carbocycles. The fraction of sp³-hybridized carbons (Fsp3) is 0.948. The van der Waals surface area contributed by atoms with E-state index in [1.54, 1.807) is 0 Å². The topological polar surface area (TPSA) is 237 Å². The number of ether oxygens (including phenoxy) is 4. The average molecular weight is 1410 g/mol. The molecule has 17 nitrogen and oxygen atoms in total. The Labute approximate surface area is 588 Å². The molecule has 0 aromatic rings. The van der Waals surface area contributed by atoms with E-state index in [0.717, 1.165) is 115 Å². The first-order chi connectivity index (χ1) is 46.4. The Morgan fingerprint density at radius 2 is 0.531 bits per heavy atom. The van der Waals surface area contributed by atoms with Crippen molar-refractivity contribution < 1.29 is 80.2 Å². The van der Waals surface area contributed by atoms with Crippen LogP contribution in [0, 0.1) is 11.8 Å². The number of phosphoric acid groups is 2. The van der Waals surface area contributed by atoms with Crippen LogP contribution in [-0.4, -0.2) is 96.7 Å². The van der Waals surface area contributed by atoms with Gasteiger partial charge in [0.15, 0.2) is 12.2 Å². The highest BCUT2D eigenvalue weighted by Gasteiger charge is 2.30. The lowest BCUT2D eigenvalue weighted by molar-refractivity contribution is -0.161. The van der Waals surface area contributed by atoms with Crippen LogP contribution >= 0.6 is 15.6 Å². The Kier molecular flexibility index (Phi) is 67.4. The molecule has 6 atom stereocenters. The Morgan fingerprint density at radius 3 is 0.792 bits per heavy atom. The molecule has 0 spiro atoms. The predicted octanol–water partition coefficient (Wildman–Crippen LogP) is 22.7. The number of esters is 4. The lowest BCUT2D eigenvalue weighted by atomic mass is 9.99. The van der Waals surface area contributed by atoms with Crippen LogP contribution in [0.3, 0.4) is 0 Å². The van der Waals surface area contributed by atoms with Gasteiger partial charge in [0.05, 0.1) is 26.4 Å². The fourth-order valence-electron chi connectivity index (χ4n) is 11.8. The first-order valence-electron chi connectivity index (χ1n) is 40.0. The minimum absolute atomic E-state index is 0.107. The third-order valence-corrected chi connectivity index (χ3v) is 20.2. The van der Waals surface area contributed by atoms with E-state index < -0.39 is 97.5 Å². The minimum atomic E-state index is -4.96. The average Bonchev–Trinajstić information content (AvgIpc) is 1.56. The molecule has 0 amide bonds. The molecule has 0 aromatic heterocycles. The molecule has 0 aliphatic rings. The summed E-state index contributed by atoms with van der Waals surface area (Å²) in [5.74, 6) is -0.458. The smallest absolute Gasteiger partial charge is 0.462 e. The highest BCUT2D eigenvalue weighted by atomic mass is 31.2. The summed E-state index contributed by atoms with van der Waals surface area (Å²) >= 11 is 0. The van der Waals surface area contributed by atoms with E-state index in [1.165, 1.54) is 205 Å². The van der Waals surface area contributed by atoms with Crippen LogP contribution in [0.1, 0.15) is 401 Å². The number of aliphatic hydroxyl groups is 1. The van der Waals surface area contributed by atoms with E-state index in [4.69, 9.17) is 37.0 Å². The van der Waals surface area contributed by atoms with Crippen molar-refractivity contribution in [1.29, 1.82) is 0 Å². The van der Waals surface area contributed by atoms with Crippen LogP contribution in [0.15, 0.2) is 0 Å². The van der Waals surface area contributed by atoms with Gasteiger partial charge in [-0.05, 0) is 37.5 Å². The van der Waals surface area contributed by atoms with Crippen LogP contribution in [0.4, 0.5) is 0 Å². The number of rotatable bonds is 76. The summed E-state index contributed by atoms with van der Waals surface area (Å²) in [6, 6.07) is 0. The molecule has 0 saturated carbocycles. The highest BCUT2D eigenvalue weighted by molar-refractivity contribution is 7.47. The van der Waals surface area contributed by atoms with Gasteiger partial charge in [-0.3, -0.25) is 37.3 Å². The van der Waals surface area contributed by atoms with Gasteiger partial charge < -0.3 is 33.8 Å². The molecule has 19 heteroatoms. The Balaban J connectivity index is 5.18. The molecule has 0 aromatic carbocycles. The Bertz CT molecular complexity index is 1860. The lowest BCUT2D eigenvalue weighted by Crippen LogP contribution is -2.30. The second kappa shape index (κ2) is 68.8. The second-order valence-electron chi connectivity index (χ2n) is 28.5. The van der Waals surface area contributed by atoms with Gasteiger partial charge >= 0.3 is 39.5 Å². The molecule has 0 bridgehead atoms. The third-order valence-electron chi connectivity index (χ3n) is 18.3. The van der Waals surface area contributed by atoms with E-state index in [1.807, 2.05) is 0 Å². The van der Waals surface area contributed by atoms with Crippen LogP contribution in [0.2, 0.25) is 0 Å². The summed E-state index contributed by atoms with van der Waals surface area (Å²) < 4.78 is 68.4. The van der Waals surface area contributed by atoms with Gasteiger partial charge in [-0.25, -0.2) is 9.13 Å². The molecule has 3 N–H and O–H groups in total. The molecule has 0 aliphatic heterocycles. The van der Waals surface area contributed by atoms with Gasteiger partial charge in [0, 0.05) is 25.7 Å². The second-order valence-corrected chi connectivity index (χ2v) is 31.4. The molecule has 0 heterocycles. The maximum Gasteiger partial charge on any atom is 0.472 e. The SMILES string of the molecule is CCCCCCCCCCCCCCC(=O)O[C@H](COC(=O)CCCCCCCCC)COP(=O)(O)OC[C@H](O)COP(=O)(O)OC[C@@H](COC(=O)CCCCCCCCCCCCCCCCC(C)CC)OC(=O)CCCCCCCCCCCCCCCCCCC(C)C. The third kappa shape index (κ3) is 69.2. The molecule has 0 rings (SSSR count). The normalized spacial score (nSPS) is 14.3. The first-order valence-corrected chi connectivity index (χ1v) is 43.0. The van der Waals surface area contributed by atoms with Crippen LogP contribution < -0.4 is 0 Å². The number of carbonyl (C=O) groups excluding carboxylic acids is 4. The van der Waals surface area contributed by atoms with Crippen molar-refractivity contribution in [3.63, 3.8) is 0 Å². The summed E-state index contributed by atoms with van der Waals surface area (Å²) in [6.07, 6.45) is 56.9. The number of unbranched alkanes of at least 4 members (excludes halogenated alkanes) is 45. The van der Waals surface area contributed by atoms with E-state index in [2.05, 4.69) is 41.5 Å². The summed E-state index contributed by atoms with van der Waals surface area (Å²) in [7, 11) is -9.91. The predicted molar refractivity (Wildman–Crippen MR) is 391 cm³/mol. The van der Waals surface area contributed by atoms with Crippen molar-refractivity contribution >= 4 is 39.5 Å². The number of hydrogen-bond acceptors (Lipinski definition) is 15. The number of phosphoric ester groups is 2. The van der Waals surface area contributed by atoms with E-state index in [9.17, 15) is 43.2 Å². The van der Waals surface area contributed by atoms with Crippen LogP contribution in [0.5, 0.6) is 0 Å². The molecule has 0 saturated heterocycles. The van der Waals surface area contributed by atoms with Gasteiger partial charge in [-0.1, -0.05) is 350 Å². The van der Waals surface area contributed by atoms with E-state index >= 15 is 0 Å². The van der Waals surface area contributed by atoms with Crippen LogP contribution in [-0.2, 0) is 65.4 Å². The highest BCUT2D eigenvalue weighted by Crippen LogP contribution is 2.45. The number of hydrogen-bond donors (Lipinski definition) is 3. The summed E-state index contributed by atoms with van der Waals surface area (Å²) in [5, 5.41) is 10.6. The maximum atomic E-state index is 13.1. The zero-order valence-corrected chi connectivity index (χ0v) is 64.5. The Morgan fingerprint density at radius 1 is 0.302 bits per heavy atom. The quantitative estimate of drug-likeness (QED) is 0.0222. The zero-order valence-electron chi connectivity index (χ0n) is 62.7. The monoisotopic (exact) mass is 1410 g/mol. The van der Waals surface area contributed by atoms with Gasteiger partial charge in [0.2, 0.25) is 0 Å². The molecule has 0 fully saturated rings. The van der Waals surface area contributed by atoms with Crippen molar-refractivity contribution in [3.05, 3.63) is 0 Å². The molecular weight excluding hydrogens is 1260 g/mol.